The minimum Gasteiger partial charge on any atom is -0.377 e. The second kappa shape index (κ2) is 8.89. The Bertz CT molecular complexity index is 472. The first-order valence-electron chi connectivity index (χ1n) is 10.7. The van der Waals surface area contributed by atoms with Gasteiger partial charge >= 0.3 is 0 Å². The Morgan fingerprint density at radius 3 is 2.69 bits per heavy atom. The number of fused-ring (bicyclic) bond motifs is 2. The van der Waals surface area contributed by atoms with Gasteiger partial charge in [0.25, 0.3) is 0 Å². The Hall–Kier alpha value is -0.850. The molecule has 0 radical (unpaired) electrons. The SMILES string of the molecule is CN=C(NCCOCC1CCCO1)N1CCN(C2CC3CCC2C3)CC1. The second-order valence-electron chi connectivity index (χ2n) is 8.45. The molecule has 6 heteroatoms. The van der Waals surface area contributed by atoms with Crippen LogP contribution in [0, 0.1) is 11.8 Å². The van der Waals surface area contributed by atoms with E-state index in [1.807, 2.05) is 7.05 Å². The maximum Gasteiger partial charge on any atom is 0.193 e. The molecule has 2 bridgehead atoms. The molecule has 148 valence electrons. The minimum atomic E-state index is 0.313. The topological polar surface area (TPSA) is 49.3 Å². The van der Waals surface area contributed by atoms with Crippen LogP contribution in [0.4, 0.5) is 0 Å². The standard InChI is InChI=1S/C20H36N4O2/c1-21-20(22-6-12-25-15-18-3-2-11-26-18)24-9-7-23(8-10-24)19-14-16-4-5-17(19)13-16/h16-19H,2-15H2,1H3,(H,21,22). The van der Waals surface area contributed by atoms with Gasteiger partial charge in [0.1, 0.15) is 0 Å². The zero-order chi connectivity index (χ0) is 17.8. The fourth-order valence-corrected chi connectivity index (χ4v) is 5.48. The summed E-state index contributed by atoms with van der Waals surface area (Å²) in [5.74, 6) is 3.05. The van der Waals surface area contributed by atoms with Crippen molar-refractivity contribution in [3.05, 3.63) is 0 Å². The van der Waals surface area contributed by atoms with Crippen LogP contribution in [0.5, 0.6) is 0 Å². The molecule has 2 aliphatic carbocycles. The number of rotatable bonds is 6. The Labute approximate surface area is 158 Å². The van der Waals surface area contributed by atoms with Gasteiger partial charge in [0.15, 0.2) is 5.96 Å². The Kier molecular flexibility index (Phi) is 6.33. The average molecular weight is 365 g/mol. The van der Waals surface area contributed by atoms with Gasteiger partial charge in [0.2, 0.25) is 0 Å². The van der Waals surface area contributed by atoms with Crippen LogP contribution in [0.15, 0.2) is 4.99 Å². The van der Waals surface area contributed by atoms with Crippen molar-refractivity contribution >= 4 is 5.96 Å². The van der Waals surface area contributed by atoms with Gasteiger partial charge in [0.05, 0.1) is 19.3 Å². The van der Waals surface area contributed by atoms with Crippen molar-refractivity contribution in [3.8, 4) is 0 Å². The average Bonchev–Trinajstić information content (AvgIpc) is 3.43. The third-order valence-corrected chi connectivity index (χ3v) is 6.85. The first kappa shape index (κ1) is 18.5. The van der Waals surface area contributed by atoms with Crippen LogP contribution in [0.2, 0.25) is 0 Å². The molecule has 0 aromatic rings. The summed E-state index contributed by atoms with van der Waals surface area (Å²) in [6.07, 6.45) is 8.56. The van der Waals surface area contributed by atoms with Gasteiger partial charge in [-0.25, -0.2) is 0 Å². The maximum absolute atomic E-state index is 5.74. The highest BCUT2D eigenvalue weighted by Gasteiger charge is 2.42. The van der Waals surface area contributed by atoms with Crippen molar-refractivity contribution in [3.63, 3.8) is 0 Å². The van der Waals surface area contributed by atoms with E-state index in [1.54, 1.807) is 0 Å². The van der Waals surface area contributed by atoms with E-state index in [0.29, 0.717) is 12.7 Å². The van der Waals surface area contributed by atoms with Crippen LogP contribution < -0.4 is 5.32 Å². The fraction of sp³-hybridized carbons (Fsp3) is 0.950. The van der Waals surface area contributed by atoms with E-state index in [9.17, 15) is 0 Å². The lowest BCUT2D eigenvalue weighted by Gasteiger charge is -2.41. The molecule has 1 N–H and O–H groups in total. The molecule has 2 aliphatic heterocycles. The number of nitrogens with one attached hydrogen (secondary N) is 1. The Morgan fingerprint density at radius 2 is 2.04 bits per heavy atom. The summed E-state index contributed by atoms with van der Waals surface area (Å²) in [5, 5.41) is 3.47. The summed E-state index contributed by atoms with van der Waals surface area (Å²) in [7, 11) is 1.89. The third-order valence-electron chi connectivity index (χ3n) is 6.85. The number of ether oxygens (including phenoxy) is 2. The Balaban J connectivity index is 1.13. The van der Waals surface area contributed by atoms with E-state index < -0.39 is 0 Å². The van der Waals surface area contributed by atoms with E-state index in [0.717, 1.165) is 63.1 Å². The molecule has 0 spiro atoms. The maximum atomic E-state index is 5.74. The molecule has 4 aliphatic rings. The van der Waals surface area contributed by atoms with Crippen LogP contribution in [0.25, 0.3) is 0 Å². The van der Waals surface area contributed by atoms with Gasteiger partial charge in [-0.1, -0.05) is 6.42 Å². The van der Waals surface area contributed by atoms with Crippen LogP contribution in [0.1, 0.15) is 38.5 Å². The highest BCUT2D eigenvalue weighted by Crippen LogP contribution is 2.46. The normalized spacial score (nSPS) is 35.4. The van der Waals surface area contributed by atoms with Gasteiger partial charge < -0.3 is 19.7 Å². The van der Waals surface area contributed by atoms with Crippen molar-refractivity contribution in [2.24, 2.45) is 16.8 Å². The summed E-state index contributed by atoms with van der Waals surface area (Å²) in [5.41, 5.74) is 0. The lowest BCUT2D eigenvalue weighted by molar-refractivity contribution is 0.0189. The first-order valence-corrected chi connectivity index (χ1v) is 10.7. The van der Waals surface area contributed by atoms with Gasteiger partial charge in [-0.15, -0.1) is 0 Å². The molecule has 4 rings (SSSR count). The lowest BCUT2D eigenvalue weighted by Crippen LogP contribution is -2.55. The number of nitrogens with zero attached hydrogens (tertiary/aromatic N) is 3. The van der Waals surface area contributed by atoms with E-state index in [1.165, 1.54) is 45.2 Å². The van der Waals surface area contributed by atoms with Crippen LogP contribution in [-0.2, 0) is 9.47 Å². The molecule has 2 heterocycles. The summed E-state index contributed by atoms with van der Waals surface area (Å²) in [6.45, 7) is 7.69. The minimum absolute atomic E-state index is 0.313. The number of hydrogen-bond acceptors (Lipinski definition) is 4. The molecular formula is C20H36N4O2. The smallest absolute Gasteiger partial charge is 0.193 e. The van der Waals surface area contributed by atoms with Gasteiger partial charge in [-0.3, -0.25) is 9.89 Å². The molecule has 0 aromatic heterocycles. The predicted molar refractivity (Wildman–Crippen MR) is 104 cm³/mol. The van der Waals surface area contributed by atoms with Gasteiger partial charge in [-0.2, -0.15) is 0 Å². The van der Waals surface area contributed by atoms with Crippen molar-refractivity contribution in [2.75, 3.05) is 59.6 Å². The largest absolute Gasteiger partial charge is 0.377 e. The fourth-order valence-electron chi connectivity index (χ4n) is 5.48. The zero-order valence-electron chi connectivity index (χ0n) is 16.4. The van der Waals surface area contributed by atoms with E-state index in [-0.39, 0.29) is 0 Å². The lowest BCUT2D eigenvalue weighted by atomic mass is 9.93. The van der Waals surface area contributed by atoms with E-state index >= 15 is 0 Å². The molecule has 2 saturated carbocycles. The number of guanidine groups is 1. The van der Waals surface area contributed by atoms with Crippen LogP contribution in [0.3, 0.4) is 0 Å². The third kappa shape index (κ3) is 4.34. The van der Waals surface area contributed by atoms with Crippen molar-refractivity contribution in [1.29, 1.82) is 0 Å². The molecule has 0 aromatic carbocycles. The van der Waals surface area contributed by atoms with E-state index in [4.69, 9.17) is 9.47 Å². The number of piperazine rings is 1. The van der Waals surface area contributed by atoms with Crippen LogP contribution in [-0.4, -0.2) is 87.5 Å². The quantitative estimate of drug-likeness (QED) is 0.440. The molecule has 0 amide bonds. The molecule has 4 fully saturated rings. The van der Waals surface area contributed by atoms with Crippen molar-refractivity contribution < 1.29 is 9.47 Å². The highest BCUT2D eigenvalue weighted by atomic mass is 16.5. The second-order valence-corrected chi connectivity index (χ2v) is 8.45. The monoisotopic (exact) mass is 364 g/mol. The predicted octanol–water partition coefficient (Wildman–Crippen LogP) is 1.56. The molecule has 26 heavy (non-hydrogen) atoms. The van der Waals surface area contributed by atoms with Crippen molar-refractivity contribution in [1.82, 2.24) is 15.1 Å². The Morgan fingerprint density at radius 1 is 1.15 bits per heavy atom. The molecule has 2 saturated heterocycles. The van der Waals surface area contributed by atoms with Gasteiger partial charge in [0, 0.05) is 52.4 Å². The summed E-state index contributed by atoms with van der Waals surface area (Å²) in [4.78, 5) is 9.65. The number of hydrogen-bond donors (Lipinski definition) is 1. The number of aliphatic imine (C=N–C) groups is 1. The van der Waals surface area contributed by atoms with Gasteiger partial charge in [-0.05, 0) is 43.9 Å². The zero-order valence-corrected chi connectivity index (χ0v) is 16.4. The summed E-state index contributed by atoms with van der Waals surface area (Å²) < 4.78 is 11.3. The summed E-state index contributed by atoms with van der Waals surface area (Å²) in [6, 6.07) is 0.872. The van der Waals surface area contributed by atoms with Crippen LogP contribution >= 0.6 is 0 Å². The molecule has 6 nitrogen and oxygen atoms in total. The molecule has 4 unspecified atom stereocenters. The van der Waals surface area contributed by atoms with Crippen molar-refractivity contribution in [2.45, 2.75) is 50.7 Å². The van der Waals surface area contributed by atoms with E-state index in [2.05, 4.69) is 20.1 Å². The first-order chi connectivity index (χ1) is 12.8. The summed E-state index contributed by atoms with van der Waals surface area (Å²) >= 11 is 0. The highest BCUT2D eigenvalue weighted by molar-refractivity contribution is 5.80. The molecule has 4 atom stereocenters. The molecular weight excluding hydrogens is 328 g/mol.